The molecule has 8 nitrogen and oxygen atoms in total. The zero-order chi connectivity index (χ0) is 21.7. The van der Waals surface area contributed by atoms with E-state index in [1.54, 1.807) is 7.05 Å². The van der Waals surface area contributed by atoms with E-state index in [0.717, 1.165) is 28.8 Å². The molecule has 0 aliphatic carbocycles. The molecule has 0 aliphatic rings. The van der Waals surface area contributed by atoms with Crippen LogP contribution in [-0.2, 0) is 18.5 Å². The predicted octanol–water partition coefficient (Wildman–Crippen LogP) is 3.39. The van der Waals surface area contributed by atoms with Crippen LogP contribution in [0.4, 0.5) is 0 Å². The van der Waals surface area contributed by atoms with Crippen LogP contribution in [0.15, 0.2) is 52.4 Å². The van der Waals surface area contributed by atoms with Crippen LogP contribution in [0.3, 0.4) is 0 Å². The van der Waals surface area contributed by atoms with Gasteiger partial charge in [-0.05, 0) is 61.4 Å². The van der Waals surface area contributed by atoms with Crippen molar-refractivity contribution in [3.63, 3.8) is 0 Å². The van der Waals surface area contributed by atoms with E-state index in [0.29, 0.717) is 11.4 Å². The molecule has 0 saturated heterocycles. The third-order valence-corrected chi connectivity index (χ3v) is 4.91. The van der Waals surface area contributed by atoms with E-state index in [2.05, 4.69) is 22.5 Å². The largest absolute Gasteiger partial charge is 0.489 e. The highest BCUT2D eigenvalue weighted by Crippen LogP contribution is 2.21. The summed E-state index contributed by atoms with van der Waals surface area (Å²) in [6.07, 6.45) is 0.969. The topological polar surface area (TPSA) is 83.5 Å². The van der Waals surface area contributed by atoms with E-state index in [4.69, 9.17) is 9.57 Å². The Morgan fingerprint density at radius 1 is 1.20 bits per heavy atom. The van der Waals surface area contributed by atoms with Gasteiger partial charge < -0.3 is 9.57 Å². The van der Waals surface area contributed by atoms with Crippen LogP contribution in [0.1, 0.15) is 43.9 Å². The van der Waals surface area contributed by atoms with E-state index < -0.39 is 0 Å². The first-order chi connectivity index (χ1) is 14.4. The Morgan fingerprint density at radius 3 is 2.67 bits per heavy atom. The Balaban J connectivity index is 1.82. The standard InChI is InChI=1S/C22H27N5O3/c1-6-16(3)30-23-17(4)18-10-8-11-19(13-18)29-14-20-15(2)9-7-12-21(20)27-22(28)26(5)24-25-27/h7-13,16H,6,14H2,1-5H3/b23-17-. The lowest BCUT2D eigenvalue weighted by Gasteiger charge is -2.13. The SMILES string of the molecule is CCC(C)O/N=C(/C)c1cccc(OCc2c(C)cccc2-n2nnn(C)c2=O)c1. The average Bonchev–Trinajstić information content (AvgIpc) is 3.09. The fourth-order valence-corrected chi connectivity index (χ4v) is 2.80. The Bertz CT molecular complexity index is 1100. The second-order valence-electron chi connectivity index (χ2n) is 7.19. The number of hydrogen-bond acceptors (Lipinski definition) is 6. The molecule has 30 heavy (non-hydrogen) atoms. The van der Waals surface area contributed by atoms with Gasteiger partial charge in [-0.15, -0.1) is 0 Å². The Morgan fingerprint density at radius 2 is 1.97 bits per heavy atom. The van der Waals surface area contributed by atoms with Crippen molar-refractivity contribution < 1.29 is 9.57 Å². The van der Waals surface area contributed by atoms with Crippen molar-refractivity contribution >= 4 is 5.71 Å². The molecule has 0 aliphatic heterocycles. The number of hydrogen-bond donors (Lipinski definition) is 0. The van der Waals surface area contributed by atoms with Crippen LogP contribution in [-0.4, -0.2) is 31.6 Å². The molecule has 0 amide bonds. The third-order valence-electron chi connectivity index (χ3n) is 4.91. The van der Waals surface area contributed by atoms with Crippen molar-refractivity contribution in [2.45, 2.75) is 46.8 Å². The second-order valence-corrected chi connectivity index (χ2v) is 7.19. The molecule has 0 bridgehead atoms. The van der Waals surface area contributed by atoms with E-state index in [-0.39, 0.29) is 18.4 Å². The molecule has 1 unspecified atom stereocenters. The molecule has 1 atom stereocenters. The molecule has 8 heteroatoms. The van der Waals surface area contributed by atoms with Gasteiger partial charge in [0.05, 0.1) is 11.4 Å². The third kappa shape index (κ3) is 4.76. The molecule has 0 saturated carbocycles. The maximum atomic E-state index is 12.3. The summed E-state index contributed by atoms with van der Waals surface area (Å²) in [5, 5.41) is 12.0. The molecule has 3 rings (SSSR count). The summed E-state index contributed by atoms with van der Waals surface area (Å²) in [5.41, 5.74) is 3.92. The van der Waals surface area contributed by atoms with Gasteiger partial charge in [0.2, 0.25) is 0 Å². The molecule has 1 heterocycles. The van der Waals surface area contributed by atoms with Crippen molar-refractivity contribution in [2.75, 3.05) is 0 Å². The molecule has 1 aromatic heterocycles. The number of ether oxygens (including phenoxy) is 1. The highest BCUT2D eigenvalue weighted by molar-refractivity contribution is 5.98. The van der Waals surface area contributed by atoms with Gasteiger partial charge in [0.25, 0.3) is 0 Å². The maximum absolute atomic E-state index is 12.3. The summed E-state index contributed by atoms with van der Waals surface area (Å²) in [5.74, 6) is 0.700. The summed E-state index contributed by atoms with van der Waals surface area (Å²) in [6.45, 7) is 8.20. The summed E-state index contributed by atoms with van der Waals surface area (Å²) < 4.78 is 8.53. The zero-order valence-electron chi connectivity index (χ0n) is 18.0. The van der Waals surface area contributed by atoms with E-state index >= 15 is 0 Å². The van der Waals surface area contributed by atoms with Gasteiger partial charge in [0, 0.05) is 18.2 Å². The van der Waals surface area contributed by atoms with Crippen LogP contribution >= 0.6 is 0 Å². The predicted molar refractivity (Wildman–Crippen MR) is 115 cm³/mol. The zero-order valence-corrected chi connectivity index (χ0v) is 18.0. The monoisotopic (exact) mass is 409 g/mol. The molecule has 0 radical (unpaired) electrons. The molecule has 0 N–H and O–H groups in total. The van der Waals surface area contributed by atoms with Crippen molar-refractivity contribution in [3.05, 3.63) is 69.6 Å². The fourth-order valence-electron chi connectivity index (χ4n) is 2.80. The van der Waals surface area contributed by atoms with Crippen LogP contribution in [0.25, 0.3) is 5.69 Å². The first-order valence-corrected chi connectivity index (χ1v) is 9.92. The van der Waals surface area contributed by atoms with E-state index in [1.807, 2.05) is 63.2 Å². The minimum atomic E-state index is -0.308. The number of oxime groups is 1. The highest BCUT2D eigenvalue weighted by Gasteiger charge is 2.14. The van der Waals surface area contributed by atoms with E-state index in [9.17, 15) is 4.79 Å². The molecule has 0 spiro atoms. The fraction of sp³-hybridized carbons (Fsp3) is 0.364. The van der Waals surface area contributed by atoms with Gasteiger partial charge in [-0.3, -0.25) is 0 Å². The summed E-state index contributed by atoms with van der Waals surface area (Å²) in [6, 6.07) is 13.4. The van der Waals surface area contributed by atoms with Crippen LogP contribution in [0.2, 0.25) is 0 Å². The van der Waals surface area contributed by atoms with Crippen LogP contribution in [0.5, 0.6) is 5.75 Å². The van der Waals surface area contributed by atoms with E-state index in [1.165, 1.54) is 9.36 Å². The minimum absolute atomic E-state index is 0.0725. The van der Waals surface area contributed by atoms with Gasteiger partial charge in [0.15, 0.2) is 0 Å². The number of nitrogens with zero attached hydrogens (tertiary/aromatic N) is 5. The molecule has 3 aromatic rings. The first-order valence-electron chi connectivity index (χ1n) is 9.92. The number of aromatic nitrogens is 4. The molecule has 158 valence electrons. The lowest BCUT2D eigenvalue weighted by atomic mass is 10.1. The maximum Gasteiger partial charge on any atom is 0.368 e. The summed E-state index contributed by atoms with van der Waals surface area (Å²) >= 11 is 0. The first kappa shape index (κ1) is 21.3. The summed E-state index contributed by atoms with van der Waals surface area (Å²) in [7, 11) is 1.57. The second kappa shape index (κ2) is 9.39. The minimum Gasteiger partial charge on any atom is -0.489 e. The molecule has 0 fully saturated rings. The van der Waals surface area contributed by atoms with Gasteiger partial charge in [-0.2, -0.15) is 9.36 Å². The van der Waals surface area contributed by atoms with Gasteiger partial charge >= 0.3 is 5.69 Å². The van der Waals surface area contributed by atoms with Crippen LogP contribution in [0, 0.1) is 6.92 Å². The number of rotatable bonds is 8. The number of benzene rings is 2. The number of aryl methyl sites for hydroxylation is 2. The van der Waals surface area contributed by atoms with Crippen molar-refractivity contribution in [1.82, 2.24) is 19.8 Å². The molecular weight excluding hydrogens is 382 g/mol. The quantitative estimate of drug-likeness (QED) is 0.421. The van der Waals surface area contributed by atoms with Crippen molar-refractivity contribution in [1.29, 1.82) is 0 Å². The van der Waals surface area contributed by atoms with Gasteiger partial charge in [0.1, 0.15) is 18.5 Å². The molecule has 2 aromatic carbocycles. The van der Waals surface area contributed by atoms with Crippen LogP contribution < -0.4 is 10.4 Å². The van der Waals surface area contributed by atoms with Crippen molar-refractivity contribution in [3.8, 4) is 11.4 Å². The molecular formula is C22H27N5O3. The number of tetrazole rings is 1. The average molecular weight is 409 g/mol. The van der Waals surface area contributed by atoms with Gasteiger partial charge in [-0.25, -0.2) is 4.79 Å². The Labute approximate surface area is 175 Å². The lowest BCUT2D eigenvalue weighted by molar-refractivity contribution is 0.0699. The summed E-state index contributed by atoms with van der Waals surface area (Å²) in [4.78, 5) is 17.8. The Kier molecular flexibility index (Phi) is 6.66. The normalized spacial score (nSPS) is 12.6. The smallest absolute Gasteiger partial charge is 0.368 e. The highest BCUT2D eigenvalue weighted by atomic mass is 16.6. The lowest BCUT2D eigenvalue weighted by Crippen LogP contribution is -2.23. The van der Waals surface area contributed by atoms with Crippen molar-refractivity contribution in [2.24, 2.45) is 12.2 Å². The Hall–Kier alpha value is -3.42. The van der Waals surface area contributed by atoms with Gasteiger partial charge in [-0.1, -0.05) is 36.3 Å².